The lowest BCUT2D eigenvalue weighted by atomic mass is 9.74. The summed E-state index contributed by atoms with van der Waals surface area (Å²) < 4.78 is 5.35. The Bertz CT molecular complexity index is 518. The number of hydrogen-bond acceptors (Lipinski definition) is 3. The van der Waals surface area contributed by atoms with Gasteiger partial charge in [0.25, 0.3) is 0 Å². The van der Waals surface area contributed by atoms with Crippen molar-refractivity contribution >= 4 is 12.0 Å². The number of esters is 1. The van der Waals surface area contributed by atoms with Gasteiger partial charge in [0.2, 0.25) is 0 Å². The summed E-state index contributed by atoms with van der Waals surface area (Å²) in [5, 5.41) is 11.0. The summed E-state index contributed by atoms with van der Waals surface area (Å²) in [6.07, 6.45) is 3.47. The molecule has 1 aromatic rings. The molecule has 0 bridgehead atoms. The fourth-order valence-corrected chi connectivity index (χ4v) is 1.97. The van der Waals surface area contributed by atoms with Gasteiger partial charge in [0.15, 0.2) is 0 Å². The lowest BCUT2D eigenvalue weighted by Crippen LogP contribution is -2.44. The molecular weight excluding hydrogens is 276 g/mol. The Kier molecular flexibility index (Phi) is 5.58. The highest BCUT2D eigenvalue weighted by Crippen LogP contribution is 2.35. The molecule has 1 rings (SSSR count). The van der Waals surface area contributed by atoms with E-state index < -0.39 is 22.6 Å². The predicted octanol–water partition coefficient (Wildman–Crippen LogP) is 4.21. The van der Waals surface area contributed by atoms with E-state index in [-0.39, 0.29) is 6.42 Å². The van der Waals surface area contributed by atoms with Gasteiger partial charge in [0.05, 0.1) is 12.0 Å². The molecule has 1 aromatic carbocycles. The summed E-state index contributed by atoms with van der Waals surface area (Å²) in [7, 11) is 0. The zero-order chi connectivity index (χ0) is 17.0. The van der Waals surface area contributed by atoms with Crippen molar-refractivity contribution in [3.05, 3.63) is 42.0 Å². The smallest absolute Gasteiger partial charge is 0.309 e. The number of hydrogen-bond donors (Lipinski definition) is 1. The van der Waals surface area contributed by atoms with Gasteiger partial charge in [-0.2, -0.15) is 0 Å². The summed E-state index contributed by atoms with van der Waals surface area (Å²) in [6.45, 7) is 11.2. The molecule has 0 heterocycles. The van der Waals surface area contributed by atoms with Gasteiger partial charge in [0, 0.05) is 0 Å². The van der Waals surface area contributed by atoms with Gasteiger partial charge in [-0.1, -0.05) is 63.3 Å². The summed E-state index contributed by atoms with van der Waals surface area (Å²) in [5.41, 5.74) is -1.34. The second-order valence-electron chi connectivity index (χ2n) is 7.68. The molecule has 0 aliphatic rings. The first-order valence-corrected chi connectivity index (χ1v) is 7.61. The van der Waals surface area contributed by atoms with Gasteiger partial charge in [-0.15, -0.1) is 0 Å². The van der Waals surface area contributed by atoms with Crippen molar-refractivity contribution in [2.75, 3.05) is 0 Å². The maximum Gasteiger partial charge on any atom is 0.309 e. The van der Waals surface area contributed by atoms with Gasteiger partial charge < -0.3 is 9.84 Å². The molecule has 3 heteroatoms. The standard InChI is InChI=1S/C19H28O3/c1-17(2,3)19(21,14-16(20)22-18(4,5)6)13-12-15-10-8-7-9-11-15/h7-13,21H,14H2,1-6H3/b13-12+. The number of carbonyl (C=O) groups is 1. The molecule has 0 saturated carbocycles. The van der Waals surface area contributed by atoms with E-state index in [1.807, 2.05) is 78.0 Å². The molecule has 1 unspecified atom stereocenters. The van der Waals surface area contributed by atoms with Gasteiger partial charge in [-0.25, -0.2) is 0 Å². The van der Waals surface area contributed by atoms with Crippen LogP contribution in [0.4, 0.5) is 0 Å². The van der Waals surface area contributed by atoms with E-state index in [2.05, 4.69) is 0 Å². The molecule has 0 aromatic heterocycles. The van der Waals surface area contributed by atoms with Crippen LogP contribution in [0.5, 0.6) is 0 Å². The first-order chi connectivity index (χ1) is 9.93. The van der Waals surface area contributed by atoms with Crippen LogP contribution in [0.15, 0.2) is 36.4 Å². The van der Waals surface area contributed by atoms with Crippen LogP contribution in [0.25, 0.3) is 6.08 Å². The van der Waals surface area contributed by atoms with Gasteiger partial charge in [0.1, 0.15) is 5.60 Å². The molecule has 0 aliphatic heterocycles. The van der Waals surface area contributed by atoms with Crippen LogP contribution >= 0.6 is 0 Å². The van der Waals surface area contributed by atoms with Crippen molar-refractivity contribution in [1.29, 1.82) is 0 Å². The molecule has 3 nitrogen and oxygen atoms in total. The van der Waals surface area contributed by atoms with E-state index >= 15 is 0 Å². The first-order valence-electron chi connectivity index (χ1n) is 7.61. The molecule has 1 N–H and O–H groups in total. The Labute approximate surface area is 134 Å². The van der Waals surface area contributed by atoms with Gasteiger partial charge in [-0.05, 0) is 31.7 Å². The van der Waals surface area contributed by atoms with E-state index in [1.54, 1.807) is 6.08 Å². The van der Waals surface area contributed by atoms with Crippen LogP contribution in [-0.4, -0.2) is 22.3 Å². The van der Waals surface area contributed by atoms with Crippen LogP contribution in [0.2, 0.25) is 0 Å². The maximum atomic E-state index is 12.1. The molecule has 1 atom stereocenters. The Morgan fingerprint density at radius 3 is 2.09 bits per heavy atom. The van der Waals surface area contributed by atoms with Crippen molar-refractivity contribution in [2.24, 2.45) is 5.41 Å². The molecule has 0 saturated heterocycles. The van der Waals surface area contributed by atoms with Crippen LogP contribution in [0.3, 0.4) is 0 Å². The van der Waals surface area contributed by atoms with E-state index in [0.29, 0.717) is 0 Å². The molecule has 22 heavy (non-hydrogen) atoms. The Morgan fingerprint density at radius 1 is 1.09 bits per heavy atom. The molecule has 0 radical (unpaired) electrons. The zero-order valence-corrected chi connectivity index (χ0v) is 14.5. The van der Waals surface area contributed by atoms with Crippen LogP contribution in [0.1, 0.15) is 53.5 Å². The van der Waals surface area contributed by atoms with Crippen LogP contribution in [-0.2, 0) is 9.53 Å². The van der Waals surface area contributed by atoms with Gasteiger partial charge in [-0.3, -0.25) is 4.79 Å². The lowest BCUT2D eigenvalue weighted by molar-refractivity contribution is -0.162. The molecule has 0 aliphatic carbocycles. The van der Waals surface area contributed by atoms with Crippen LogP contribution < -0.4 is 0 Å². The minimum Gasteiger partial charge on any atom is -0.460 e. The average molecular weight is 304 g/mol. The van der Waals surface area contributed by atoms with Crippen molar-refractivity contribution in [2.45, 2.75) is 59.2 Å². The summed E-state index contributed by atoms with van der Waals surface area (Å²) in [4.78, 5) is 12.1. The molecule has 122 valence electrons. The highest BCUT2D eigenvalue weighted by molar-refractivity contribution is 5.72. The fraction of sp³-hybridized carbons (Fsp3) is 0.526. The summed E-state index contributed by atoms with van der Waals surface area (Å²) in [5.74, 6) is -0.400. The molecular formula is C19H28O3. The van der Waals surface area contributed by atoms with E-state index in [9.17, 15) is 9.90 Å². The van der Waals surface area contributed by atoms with Crippen molar-refractivity contribution < 1.29 is 14.6 Å². The molecule has 0 spiro atoms. The summed E-state index contributed by atoms with van der Waals surface area (Å²) in [6, 6.07) is 9.71. The lowest BCUT2D eigenvalue weighted by Gasteiger charge is -2.38. The minimum absolute atomic E-state index is 0.0723. The minimum atomic E-state index is -1.27. The second kappa shape index (κ2) is 6.66. The fourth-order valence-electron chi connectivity index (χ4n) is 1.97. The Balaban J connectivity index is 2.96. The Morgan fingerprint density at radius 2 is 1.64 bits per heavy atom. The van der Waals surface area contributed by atoms with E-state index in [1.165, 1.54) is 0 Å². The average Bonchev–Trinajstić information content (AvgIpc) is 2.34. The largest absolute Gasteiger partial charge is 0.460 e. The number of benzene rings is 1. The molecule has 0 fully saturated rings. The van der Waals surface area contributed by atoms with Crippen molar-refractivity contribution in [1.82, 2.24) is 0 Å². The third-order valence-corrected chi connectivity index (χ3v) is 3.48. The van der Waals surface area contributed by atoms with Crippen molar-refractivity contribution in [3.63, 3.8) is 0 Å². The highest BCUT2D eigenvalue weighted by atomic mass is 16.6. The number of rotatable bonds is 4. The normalized spacial score (nSPS) is 15.6. The second-order valence-corrected chi connectivity index (χ2v) is 7.68. The maximum absolute atomic E-state index is 12.1. The topological polar surface area (TPSA) is 46.5 Å². The first kappa shape index (κ1) is 18.4. The molecule has 0 amide bonds. The quantitative estimate of drug-likeness (QED) is 0.848. The number of aliphatic hydroxyl groups is 1. The third kappa shape index (κ3) is 5.64. The van der Waals surface area contributed by atoms with Gasteiger partial charge >= 0.3 is 5.97 Å². The SMILES string of the molecule is CC(C)(C)OC(=O)CC(O)(/C=C/c1ccccc1)C(C)(C)C. The monoisotopic (exact) mass is 304 g/mol. The number of carbonyl (C=O) groups excluding carboxylic acids is 1. The summed E-state index contributed by atoms with van der Waals surface area (Å²) >= 11 is 0. The zero-order valence-electron chi connectivity index (χ0n) is 14.5. The Hall–Kier alpha value is -1.61. The third-order valence-electron chi connectivity index (χ3n) is 3.48. The number of ether oxygens (including phenoxy) is 1. The highest BCUT2D eigenvalue weighted by Gasteiger charge is 2.40. The van der Waals surface area contributed by atoms with Crippen LogP contribution in [0, 0.1) is 5.41 Å². The van der Waals surface area contributed by atoms with E-state index in [0.717, 1.165) is 5.56 Å². The predicted molar refractivity (Wildman–Crippen MR) is 90.3 cm³/mol. The van der Waals surface area contributed by atoms with E-state index in [4.69, 9.17) is 4.74 Å². The van der Waals surface area contributed by atoms with Crippen molar-refractivity contribution in [3.8, 4) is 0 Å².